The van der Waals surface area contributed by atoms with Gasteiger partial charge in [-0.05, 0) is 31.2 Å². The van der Waals surface area contributed by atoms with Crippen LogP contribution < -0.4 is 5.32 Å². The second kappa shape index (κ2) is 13.8. The molecule has 0 spiro atoms. The van der Waals surface area contributed by atoms with Crippen molar-refractivity contribution >= 4 is 0 Å². The summed E-state index contributed by atoms with van der Waals surface area (Å²) < 4.78 is 16.4. The van der Waals surface area contributed by atoms with E-state index in [1.807, 2.05) is 0 Å². The Labute approximate surface area is 125 Å². The Hall–Kier alpha value is -0.160. The third-order valence-electron chi connectivity index (χ3n) is 2.81. The summed E-state index contributed by atoms with van der Waals surface area (Å²) in [5.41, 5.74) is 0.406. The lowest BCUT2D eigenvalue weighted by Crippen LogP contribution is -2.21. The molecule has 0 amide bonds. The van der Waals surface area contributed by atoms with Crippen molar-refractivity contribution in [2.75, 3.05) is 52.7 Å². The summed E-state index contributed by atoms with van der Waals surface area (Å²) in [4.78, 5) is 0. The minimum absolute atomic E-state index is 0.406. The molecule has 0 saturated heterocycles. The molecule has 0 heterocycles. The molecule has 4 heteroatoms. The fraction of sp³-hybridized carbons (Fsp3) is 1.00. The van der Waals surface area contributed by atoms with Gasteiger partial charge in [-0.3, -0.25) is 0 Å². The molecular formula is C16H35NO3. The molecule has 0 saturated carbocycles. The van der Waals surface area contributed by atoms with Crippen LogP contribution in [0.3, 0.4) is 0 Å². The molecule has 0 aliphatic rings. The van der Waals surface area contributed by atoms with Gasteiger partial charge in [-0.2, -0.15) is 0 Å². The highest BCUT2D eigenvalue weighted by Gasteiger charge is 2.08. The number of ether oxygens (including phenoxy) is 3. The molecule has 0 rings (SSSR count). The van der Waals surface area contributed by atoms with Crippen LogP contribution in [-0.4, -0.2) is 52.7 Å². The van der Waals surface area contributed by atoms with E-state index in [4.69, 9.17) is 14.2 Å². The minimum Gasteiger partial charge on any atom is -0.379 e. The van der Waals surface area contributed by atoms with Crippen LogP contribution in [0.1, 0.15) is 47.0 Å². The number of nitrogens with one attached hydrogen (secondary N) is 1. The van der Waals surface area contributed by atoms with Gasteiger partial charge in [0, 0.05) is 13.2 Å². The van der Waals surface area contributed by atoms with Crippen molar-refractivity contribution in [2.24, 2.45) is 5.41 Å². The van der Waals surface area contributed by atoms with Gasteiger partial charge in [0.25, 0.3) is 0 Å². The summed E-state index contributed by atoms with van der Waals surface area (Å²) in [7, 11) is 0. The van der Waals surface area contributed by atoms with Crippen molar-refractivity contribution in [1.82, 2.24) is 5.32 Å². The topological polar surface area (TPSA) is 39.7 Å². The summed E-state index contributed by atoms with van der Waals surface area (Å²) >= 11 is 0. The zero-order chi connectivity index (χ0) is 15.1. The second-order valence-electron chi connectivity index (χ2n) is 6.25. The molecule has 0 aromatic rings. The Morgan fingerprint density at radius 2 is 1.30 bits per heavy atom. The fourth-order valence-electron chi connectivity index (χ4n) is 1.69. The van der Waals surface area contributed by atoms with Gasteiger partial charge in [0.2, 0.25) is 0 Å². The molecule has 0 unspecified atom stereocenters. The molecule has 0 fully saturated rings. The standard InChI is InChI=1S/C16H35NO3/c1-5-8-17-9-11-19-13-15-20-14-12-18-10-6-7-16(2,3)4/h17H,5-15H2,1-4H3. The van der Waals surface area contributed by atoms with Gasteiger partial charge in [0.15, 0.2) is 0 Å². The monoisotopic (exact) mass is 289 g/mol. The molecule has 0 radical (unpaired) electrons. The molecule has 1 N–H and O–H groups in total. The Kier molecular flexibility index (Phi) is 13.7. The molecule has 0 aliphatic carbocycles. The van der Waals surface area contributed by atoms with E-state index < -0.39 is 0 Å². The SMILES string of the molecule is CCCNCCOCCOCCOCCCC(C)(C)C. The summed E-state index contributed by atoms with van der Waals surface area (Å²) in [5, 5.41) is 3.29. The van der Waals surface area contributed by atoms with E-state index in [1.54, 1.807) is 0 Å². The van der Waals surface area contributed by atoms with E-state index in [1.165, 1.54) is 12.8 Å². The molecule has 20 heavy (non-hydrogen) atoms. The van der Waals surface area contributed by atoms with Crippen molar-refractivity contribution < 1.29 is 14.2 Å². The molecule has 0 atom stereocenters. The summed E-state index contributed by atoms with van der Waals surface area (Å²) in [6, 6.07) is 0. The van der Waals surface area contributed by atoms with Gasteiger partial charge < -0.3 is 19.5 Å². The van der Waals surface area contributed by atoms with Gasteiger partial charge >= 0.3 is 0 Å². The average Bonchev–Trinajstić information content (AvgIpc) is 2.38. The van der Waals surface area contributed by atoms with E-state index in [2.05, 4.69) is 33.0 Å². The van der Waals surface area contributed by atoms with E-state index >= 15 is 0 Å². The number of hydrogen-bond acceptors (Lipinski definition) is 4. The number of rotatable bonds is 14. The molecule has 0 aliphatic heterocycles. The molecule has 0 aromatic heterocycles. The van der Waals surface area contributed by atoms with Gasteiger partial charge in [-0.15, -0.1) is 0 Å². The highest BCUT2D eigenvalue weighted by molar-refractivity contribution is 4.60. The third-order valence-corrected chi connectivity index (χ3v) is 2.81. The first-order valence-electron chi connectivity index (χ1n) is 8.00. The predicted molar refractivity (Wildman–Crippen MR) is 84.3 cm³/mol. The highest BCUT2D eigenvalue weighted by Crippen LogP contribution is 2.20. The zero-order valence-electron chi connectivity index (χ0n) is 14.0. The van der Waals surface area contributed by atoms with Crippen LogP contribution in [-0.2, 0) is 14.2 Å². The Balaban J connectivity index is 2.99. The third kappa shape index (κ3) is 17.8. The minimum atomic E-state index is 0.406. The van der Waals surface area contributed by atoms with Gasteiger partial charge in [-0.25, -0.2) is 0 Å². The summed E-state index contributed by atoms with van der Waals surface area (Å²) in [5.74, 6) is 0. The van der Waals surface area contributed by atoms with Crippen molar-refractivity contribution in [1.29, 1.82) is 0 Å². The van der Waals surface area contributed by atoms with E-state index in [0.717, 1.165) is 32.7 Å². The Morgan fingerprint density at radius 3 is 1.85 bits per heavy atom. The van der Waals surface area contributed by atoms with Gasteiger partial charge in [0.1, 0.15) is 0 Å². The number of hydrogen-bond donors (Lipinski definition) is 1. The zero-order valence-corrected chi connectivity index (χ0v) is 14.0. The quantitative estimate of drug-likeness (QED) is 0.499. The predicted octanol–water partition coefficient (Wildman–Crippen LogP) is 2.86. The normalized spacial score (nSPS) is 12.0. The second-order valence-corrected chi connectivity index (χ2v) is 6.25. The van der Waals surface area contributed by atoms with Crippen LogP contribution in [0.4, 0.5) is 0 Å². The first-order chi connectivity index (χ1) is 9.56. The molecule has 0 bridgehead atoms. The summed E-state index contributed by atoms with van der Waals surface area (Å²) in [6.07, 6.45) is 3.49. The molecule has 0 aromatic carbocycles. The fourth-order valence-corrected chi connectivity index (χ4v) is 1.69. The maximum Gasteiger partial charge on any atom is 0.0701 e. The van der Waals surface area contributed by atoms with Crippen LogP contribution >= 0.6 is 0 Å². The van der Waals surface area contributed by atoms with Crippen LogP contribution in [0.15, 0.2) is 0 Å². The van der Waals surface area contributed by atoms with Crippen LogP contribution in [0.2, 0.25) is 0 Å². The Bertz CT molecular complexity index is 193. The Morgan fingerprint density at radius 1 is 0.750 bits per heavy atom. The highest BCUT2D eigenvalue weighted by atomic mass is 16.5. The van der Waals surface area contributed by atoms with Gasteiger partial charge in [-0.1, -0.05) is 27.7 Å². The van der Waals surface area contributed by atoms with Crippen molar-refractivity contribution in [3.05, 3.63) is 0 Å². The van der Waals surface area contributed by atoms with E-state index in [0.29, 0.717) is 31.8 Å². The van der Waals surface area contributed by atoms with E-state index in [-0.39, 0.29) is 0 Å². The van der Waals surface area contributed by atoms with Crippen LogP contribution in [0.5, 0.6) is 0 Å². The lowest BCUT2D eigenvalue weighted by atomic mass is 9.91. The maximum atomic E-state index is 5.53. The average molecular weight is 289 g/mol. The van der Waals surface area contributed by atoms with Crippen LogP contribution in [0, 0.1) is 5.41 Å². The summed E-state index contributed by atoms with van der Waals surface area (Å²) in [6.45, 7) is 15.2. The first-order valence-corrected chi connectivity index (χ1v) is 8.00. The lowest BCUT2D eigenvalue weighted by Gasteiger charge is -2.17. The van der Waals surface area contributed by atoms with Crippen molar-refractivity contribution in [2.45, 2.75) is 47.0 Å². The first kappa shape index (κ1) is 19.8. The lowest BCUT2D eigenvalue weighted by molar-refractivity contribution is 0.0136. The molecule has 122 valence electrons. The smallest absolute Gasteiger partial charge is 0.0701 e. The van der Waals surface area contributed by atoms with E-state index in [9.17, 15) is 0 Å². The van der Waals surface area contributed by atoms with Crippen molar-refractivity contribution in [3.63, 3.8) is 0 Å². The molecular weight excluding hydrogens is 254 g/mol. The maximum absolute atomic E-state index is 5.53. The van der Waals surface area contributed by atoms with Crippen LogP contribution in [0.25, 0.3) is 0 Å². The molecule has 4 nitrogen and oxygen atoms in total. The van der Waals surface area contributed by atoms with Gasteiger partial charge in [0.05, 0.1) is 33.0 Å². The largest absolute Gasteiger partial charge is 0.379 e. The van der Waals surface area contributed by atoms with Crippen molar-refractivity contribution in [3.8, 4) is 0 Å².